The standard InChI is InChI=1S/C11H16N4O3/c1-3-8-11(17)15(5-4-10(16)13-8)6-9-12-7(2)18-14-9/h8H,3-6H2,1-2H3,(H,13,16). The van der Waals surface area contributed by atoms with Gasteiger partial charge >= 0.3 is 0 Å². The SMILES string of the molecule is CCC1NC(=O)CCN(Cc2noc(C)n2)C1=O. The van der Waals surface area contributed by atoms with Gasteiger partial charge in [-0.1, -0.05) is 12.1 Å². The molecule has 1 N–H and O–H groups in total. The summed E-state index contributed by atoms with van der Waals surface area (Å²) in [5.74, 6) is 0.742. The van der Waals surface area contributed by atoms with Crippen LogP contribution in [0.15, 0.2) is 4.52 Å². The molecule has 1 aromatic rings. The summed E-state index contributed by atoms with van der Waals surface area (Å²) in [6, 6.07) is -0.451. The predicted molar refractivity (Wildman–Crippen MR) is 61.3 cm³/mol. The van der Waals surface area contributed by atoms with Gasteiger partial charge in [-0.3, -0.25) is 9.59 Å². The van der Waals surface area contributed by atoms with Crippen molar-refractivity contribution in [1.29, 1.82) is 0 Å². The molecule has 1 atom stereocenters. The van der Waals surface area contributed by atoms with E-state index in [-0.39, 0.29) is 18.4 Å². The summed E-state index contributed by atoms with van der Waals surface area (Å²) in [5.41, 5.74) is 0. The molecule has 1 saturated heterocycles. The van der Waals surface area contributed by atoms with Crippen LogP contribution in [-0.4, -0.2) is 39.4 Å². The smallest absolute Gasteiger partial charge is 0.245 e. The minimum atomic E-state index is -0.451. The predicted octanol–water partition coefficient (Wildman–Crippen LogP) is 0.00512. The van der Waals surface area contributed by atoms with E-state index in [9.17, 15) is 9.59 Å². The van der Waals surface area contributed by atoms with Crippen LogP contribution in [0.5, 0.6) is 0 Å². The zero-order valence-corrected chi connectivity index (χ0v) is 10.5. The summed E-state index contributed by atoms with van der Waals surface area (Å²) < 4.78 is 4.87. The molecule has 1 unspecified atom stereocenters. The number of aryl methyl sites for hydroxylation is 1. The number of nitrogens with zero attached hydrogens (tertiary/aromatic N) is 3. The van der Waals surface area contributed by atoms with Gasteiger partial charge in [0, 0.05) is 19.9 Å². The van der Waals surface area contributed by atoms with Gasteiger partial charge in [-0.2, -0.15) is 4.98 Å². The van der Waals surface area contributed by atoms with E-state index in [1.807, 2.05) is 6.92 Å². The molecule has 18 heavy (non-hydrogen) atoms. The van der Waals surface area contributed by atoms with Crippen LogP contribution in [0, 0.1) is 6.92 Å². The van der Waals surface area contributed by atoms with Crippen LogP contribution in [-0.2, 0) is 16.1 Å². The summed E-state index contributed by atoms with van der Waals surface area (Å²) in [7, 11) is 0. The molecule has 0 aliphatic carbocycles. The number of carbonyl (C=O) groups excluding carboxylic acids is 2. The topological polar surface area (TPSA) is 88.3 Å². The maximum Gasteiger partial charge on any atom is 0.245 e. The average molecular weight is 252 g/mol. The summed E-state index contributed by atoms with van der Waals surface area (Å²) in [4.78, 5) is 29.3. The molecular formula is C11H16N4O3. The molecule has 1 aliphatic rings. The first-order valence-corrected chi connectivity index (χ1v) is 5.97. The van der Waals surface area contributed by atoms with Gasteiger partial charge in [-0.25, -0.2) is 0 Å². The zero-order valence-electron chi connectivity index (χ0n) is 10.5. The minimum Gasteiger partial charge on any atom is -0.344 e. The van der Waals surface area contributed by atoms with Crippen molar-refractivity contribution in [2.24, 2.45) is 0 Å². The van der Waals surface area contributed by atoms with Crippen LogP contribution < -0.4 is 5.32 Å². The van der Waals surface area contributed by atoms with Crippen LogP contribution in [0.25, 0.3) is 0 Å². The van der Waals surface area contributed by atoms with Crippen LogP contribution in [0.3, 0.4) is 0 Å². The molecule has 2 amide bonds. The van der Waals surface area contributed by atoms with Crippen molar-refractivity contribution in [2.45, 2.75) is 39.3 Å². The maximum atomic E-state index is 12.2. The van der Waals surface area contributed by atoms with Gasteiger partial charge in [0.1, 0.15) is 6.04 Å². The number of rotatable bonds is 3. The van der Waals surface area contributed by atoms with Crippen molar-refractivity contribution >= 4 is 11.8 Å². The third-order valence-corrected chi connectivity index (χ3v) is 2.86. The summed E-state index contributed by atoms with van der Waals surface area (Å²) >= 11 is 0. The molecule has 2 heterocycles. The van der Waals surface area contributed by atoms with Crippen molar-refractivity contribution in [3.05, 3.63) is 11.7 Å². The summed E-state index contributed by atoms with van der Waals surface area (Å²) in [6.45, 7) is 4.22. The number of amides is 2. The lowest BCUT2D eigenvalue weighted by Gasteiger charge is -2.21. The number of carbonyl (C=O) groups is 2. The highest BCUT2D eigenvalue weighted by Gasteiger charge is 2.29. The molecule has 0 saturated carbocycles. The molecule has 7 heteroatoms. The molecule has 7 nitrogen and oxygen atoms in total. The third-order valence-electron chi connectivity index (χ3n) is 2.86. The largest absolute Gasteiger partial charge is 0.344 e. The van der Waals surface area contributed by atoms with Crippen LogP contribution in [0.2, 0.25) is 0 Å². The Morgan fingerprint density at radius 2 is 2.28 bits per heavy atom. The Morgan fingerprint density at radius 3 is 2.89 bits per heavy atom. The van der Waals surface area contributed by atoms with Gasteiger partial charge in [0.05, 0.1) is 6.54 Å². The number of aromatic nitrogens is 2. The van der Waals surface area contributed by atoms with E-state index in [4.69, 9.17) is 4.52 Å². The van der Waals surface area contributed by atoms with E-state index in [0.717, 1.165) is 0 Å². The maximum absolute atomic E-state index is 12.2. The molecule has 0 bridgehead atoms. The highest BCUT2D eigenvalue weighted by atomic mass is 16.5. The molecule has 98 valence electrons. The fraction of sp³-hybridized carbons (Fsp3) is 0.636. The molecule has 0 radical (unpaired) electrons. The second-order valence-electron chi connectivity index (χ2n) is 4.27. The Hall–Kier alpha value is -1.92. The Morgan fingerprint density at radius 1 is 1.50 bits per heavy atom. The molecule has 1 aliphatic heterocycles. The van der Waals surface area contributed by atoms with Crippen molar-refractivity contribution in [3.63, 3.8) is 0 Å². The zero-order chi connectivity index (χ0) is 13.1. The van der Waals surface area contributed by atoms with Gasteiger partial charge in [-0.05, 0) is 6.42 Å². The van der Waals surface area contributed by atoms with Crippen LogP contribution in [0.1, 0.15) is 31.5 Å². The summed E-state index contributed by atoms with van der Waals surface area (Å²) in [6.07, 6.45) is 0.880. The first kappa shape index (κ1) is 12.5. The lowest BCUT2D eigenvalue weighted by molar-refractivity contribution is -0.134. The van der Waals surface area contributed by atoms with E-state index in [1.54, 1.807) is 11.8 Å². The lowest BCUT2D eigenvalue weighted by atomic mass is 10.2. The van der Waals surface area contributed by atoms with Gasteiger partial charge in [0.15, 0.2) is 5.82 Å². The molecular weight excluding hydrogens is 236 g/mol. The third kappa shape index (κ3) is 2.66. The quantitative estimate of drug-likeness (QED) is 0.818. The fourth-order valence-electron chi connectivity index (χ4n) is 1.91. The minimum absolute atomic E-state index is 0.0918. The summed E-state index contributed by atoms with van der Waals surface area (Å²) in [5, 5.41) is 6.46. The molecule has 1 fully saturated rings. The normalized spacial score (nSPS) is 20.8. The second-order valence-corrected chi connectivity index (χ2v) is 4.27. The Kier molecular flexibility index (Phi) is 3.59. The second kappa shape index (κ2) is 5.16. The first-order chi connectivity index (χ1) is 8.60. The van der Waals surface area contributed by atoms with Crippen molar-refractivity contribution in [1.82, 2.24) is 20.4 Å². The lowest BCUT2D eigenvalue weighted by Crippen LogP contribution is -2.44. The van der Waals surface area contributed by atoms with E-state index in [2.05, 4.69) is 15.5 Å². The Balaban J connectivity index is 2.10. The van der Waals surface area contributed by atoms with Gasteiger partial charge < -0.3 is 14.7 Å². The van der Waals surface area contributed by atoms with Gasteiger partial charge in [-0.15, -0.1) is 0 Å². The molecule has 0 spiro atoms. The Bertz CT molecular complexity index is 457. The van der Waals surface area contributed by atoms with Crippen molar-refractivity contribution < 1.29 is 14.1 Å². The van der Waals surface area contributed by atoms with Crippen LogP contribution in [0.4, 0.5) is 0 Å². The molecule has 0 aromatic carbocycles. The van der Waals surface area contributed by atoms with Crippen LogP contribution >= 0.6 is 0 Å². The number of nitrogens with one attached hydrogen (secondary N) is 1. The number of hydrogen-bond donors (Lipinski definition) is 1. The average Bonchev–Trinajstić information content (AvgIpc) is 2.70. The van der Waals surface area contributed by atoms with Crippen molar-refractivity contribution in [2.75, 3.05) is 6.54 Å². The van der Waals surface area contributed by atoms with E-state index in [0.29, 0.717) is 31.1 Å². The van der Waals surface area contributed by atoms with Gasteiger partial charge in [0.25, 0.3) is 0 Å². The molecule has 2 rings (SSSR count). The highest BCUT2D eigenvalue weighted by Crippen LogP contribution is 2.09. The fourth-order valence-corrected chi connectivity index (χ4v) is 1.91. The Labute approximate surface area is 105 Å². The van der Waals surface area contributed by atoms with Crippen molar-refractivity contribution in [3.8, 4) is 0 Å². The first-order valence-electron chi connectivity index (χ1n) is 5.97. The van der Waals surface area contributed by atoms with E-state index >= 15 is 0 Å². The molecule has 1 aromatic heterocycles. The highest BCUT2D eigenvalue weighted by molar-refractivity contribution is 5.89. The van der Waals surface area contributed by atoms with E-state index in [1.165, 1.54) is 0 Å². The van der Waals surface area contributed by atoms with Gasteiger partial charge in [0.2, 0.25) is 17.7 Å². The monoisotopic (exact) mass is 252 g/mol. The number of hydrogen-bond acceptors (Lipinski definition) is 5. The van der Waals surface area contributed by atoms with E-state index < -0.39 is 6.04 Å².